The first-order valence-electron chi connectivity index (χ1n) is 18.8. The summed E-state index contributed by atoms with van der Waals surface area (Å²) in [6, 6.07) is 47.0. The number of ether oxygens (including phenoxy) is 1. The first-order chi connectivity index (χ1) is 27.0. The molecule has 1 aliphatic rings. The van der Waals surface area contributed by atoms with Gasteiger partial charge in [0.05, 0.1) is 27.7 Å². The zero-order valence-corrected chi connectivity index (χ0v) is 33.6. The number of benzene rings is 7. The Bertz CT molecular complexity index is 2450. The average Bonchev–Trinajstić information content (AvgIpc) is 3.57. The van der Waals surface area contributed by atoms with E-state index in [2.05, 4.69) is 68.3 Å². The van der Waals surface area contributed by atoms with Crippen LogP contribution in [0, 0.1) is 6.07 Å². The summed E-state index contributed by atoms with van der Waals surface area (Å²) in [6.07, 6.45) is 0. The number of fused-ring (bicyclic) bond motifs is 3. The predicted octanol–water partition coefficient (Wildman–Crippen LogP) is 8.82. The van der Waals surface area contributed by atoms with Gasteiger partial charge in [0.15, 0.2) is 0 Å². The van der Waals surface area contributed by atoms with E-state index in [-0.39, 0.29) is 97.9 Å². The van der Waals surface area contributed by atoms with Gasteiger partial charge in [-0.3, -0.25) is 0 Å². The Morgan fingerprint density at radius 3 is 1.67 bits per heavy atom. The fourth-order valence-electron chi connectivity index (χ4n) is 5.93. The molecular weight excluding hydrogens is 837 g/mol. The maximum atomic E-state index is 11.8. The van der Waals surface area contributed by atoms with Gasteiger partial charge in [0.25, 0.3) is 0 Å². The Labute approximate surface area is 354 Å². The number of carbonyl (C=O) groups is 1. The molecule has 0 bridgehead atoms. The molecule has 0 spiro atoms. The van der Waals surface area contributed by atoms with Crippen molar-refractivity contribution >= 4 is 60.9 Å². The molecule has 6 heteroatoms. The quantitative estimate of drug-likeness (QED) is 0.101. The van der Waals surface area contributed by atoms with Crippen LogP contribution >= 0.6 is 31.9 Å². The molecule has 0 aliphatic heterocycles. The second-order valence-corrected chi connectivity index (χ2v) is 12.4. The average molecular weight is 877 g/mol. The largest absolute Gasteiger partial charge is 2.00 e. The number of hydrogen-bond acceptors (Lipinski definition) is 2. The van der Waals surface area contributed by atoms with E-state index in [0.29, 0.717) is 15.6 Å². The summed E-state index contributed by atoms with van der Waals surface area (Å²) < 4.78 is 63.0. The van der Waals surface area contributed by atoms with Crippen LogP contribution in [-0.2, 0) is 10.2 Å². The molecule has 0 radical (unpaired) electrons. The van der Waals surface area contributed by atoms with Crippen molar-refractivity contribution in [2.75, 3.05) is 7.11 Å². The number of halogens is 3. The first kappa shape index (κ1) is 30.8. The van der Waals surface area contributed by atoms with Crippen LogP contribution in [0.5, 0.6) is 0 Å². The number of rotatable bonds is 4. The molecule has 248 valence electrons. The maximum Gasteiger partial charge on any atom is 2.00 e. The van der Waals surface area contributed by atoms with E-state index in [4.69, 9.17) is 14.3 Å². The number of esters is 1. The number of hydrogen-bond donors (Lipinski definition) is 0. The minimum absolute atomic E-state index is 0. The van der Waals surface area contributed by atoms with Crippen molar-refractivity contribution in [3.63, 3.8) is 0 Å². The number of methoxy groups -OCH3 is 1. The van der Waals surface area contributed by atoms with Gasteiger partial charge in [-0.2, -0.15) is 36.4 Å². The number of carbonyl (C=O) groups excluding carboxylic acids is 1. The summed E-state index contributed by atoms with van der Waals surface area (Å²) in [5, 5.41) is 0. The molecule has 2 nitrogen and oxygen atoms in total. The smallest absolute Gasteiger partial charge is 1.00 e. The molecule has 0 heterocycles. The minimum Gasteiger partial charge on any atom is -1.00 e. The predicted molar refractivity (Wildman–Crippen MR) is 213 cm³/mol. The molecule has 7 aromatic carbocycles. The fourth-order valence-corrected chi connectivity index (χ4v) is 6.43. The summed E-state index contributed by atoms with van der Waals surface area (Å²) in [4.78, 5) is 11.8. The summed E-state index contributed by atoms with van der Waals surface area (Å²) in [7, 11) is 1.25. The van der Waals surface area contributed by atoms with Gasteiger partial charge in [0, 0.05) is 8.95 Å². The van der Waals surface area contributed by atoms with Gasteiger partial charge in [-0.25, -0.2) is 4.79 Å². The zero-order chi connectivity index (χ0) is 40.1. The molecule has 1 aliphatic carbocycles. The molecule has 0 aromatic heterocycles. The van der Waals surface area contributed by atoms with Crippen LogP contribution in [0.1, 0.15) is 42.2 Å². The molecule has 0 N–H and O–H groups in total. The Kier molecular flexibility index (Phi) is 11.6. The van der Waals surface area contributed by atoms with Gasteiger partial charge < -0.3 is 21.7 Å². The Balaban J connectivity index is 0.000000225. The first-order valence-corrected chi connectivity index (χ1v) is 16.9. The fraction of sp³-hybridized carbons (Fsp3) is 0.0444. The van der Waals surface area contributed by atoms with E-state index < -0.39 is 11.4 Å². The van der Waals surface area contributed by atoms with Crippen molar-refractivity contribution in [1.29, 1.82) is 0 Å². The van der Waals surface area contributed by atoms with Crippen molar-refractivity contribution in [3.05, 3.63) is 225 Å². The van der Waals surface area contributed by atoms with Gasteiger partial charge in [-0.15, -0.1) is 0 Å². The monoisotopic (exact) mass is 873 g/mol. The third-order valence-corrected chi connectivity index (χ3v) is 8.77. The minimum atomic E-state index is -0.711. The molecule has 0 unspecified atom stereocenters. The van der Waals surface area contributed by atoms with E-state index in [1.165, 1.54) is 13.2 Å². The van der Waals surface area contributed by atoms with Gasteiger partial charge >= 0.3 is 29.0 Å². The van der Waals surface area contributed by atoms with Crippen LogP contribution in [0.4, 0.5) is 0 Å². The van der Waals surface area contributed by atoms with Crippen molar-refractivity contribution < 1.29 is 36.1 Å². The van der Waals surface area contributed by atoms with Crippen LogP contribution in [0.2, 0.25) is 0 Å². The molecule has 0 fully saturated rings. The van der Waals surface area contributed by atoms with Crippen LogP contribution in [0.15, 0.2) is 191 Å². The van der Waals surface area contributed by atoms with Gasteiger partial charge in [-0.1, -0.05) is 153 Å². The molecule has 7 aromatic rings. The van der Waals surface area contributed by atoms with Gasteiger partial charge in [0.2, 0.25) is 0 Å². The summed E-state index contributed by atoms with van der Waals surface area (Å²) in [5.74, 6) is -0.592. The van der Waals surface area contributed by atoms with E-state index >= 15 is 0 Å². The summed E-state index contributed by atoms with van der Waals surface area (Å²) >= 11 is 6.47. The third-order valence-electron chi connectivity index (χ3n) is 7.97. The van der Waals surface area contributed by atoms with Crippen molar-refractivity contribution in [2.24, 2.45) is 0 Å². The van der Waals surface area contributed by atoms with E-state index in [1.54, 1.807) is 18.2 Å². The third kappa shape index (κ3) is 8.82. The van der Waals surface area contributed by atoms with Crippen LogP contribution in [0.25, 0.3) is 22.3 Å². The molecule has 0 amide bonds. The molecule has 0 saturated carbocycles. The SMILES string of the molecule is [2H]c1c([2H])c(-c2ccccc2C(=O)OC)c([2H])c([2H])c1Br.[2H]c1c([2H])c2c(c([2H])c1Br)C(c1ccccc1)(c1ccccc1)c1ccccc1-2.[Br-].[Mg+2].[c-]1ccccc1. The van der Waals surface area contributed by atoms with Crippen LogP contribution in [0.3, 0.4) is 0 Å². The van der Waals surface area contributed by atoms with Crippen molar-refractivity contribution in [2.45, 2.75) is 5.41 Å². The standard InChI is InChI=1S/C25H17Br.C14H11BrO2.C6H5.BrH.Mg/c26-20-15-16-22-21-13-7-8-14-23(21)25(24(22)17-20,18-9-3-1-4-10-18)19-11-5-2-6-12-19;1-17-14(16)13-5-3-2-4-12(13)10-6-8-11(15)9-7-10;1-2-4-6-5-3-1;;/h1-17H;2-9H,1H3;1-5H;1H;/q;;-1;;+2/p-1/i15D,16D,17D;6D,7D,8D,9D;;;. The molecule has 0 atom stereocenters. The molecule has 0 saturated heterocycles. The van der Waals surface area contributed by atoms with Crippen molar-refractivity contribution in [3.8, 4) is 22.3 Å². The molecule has 51 heavy (non-hydrogen) atoms. The van der Waals surface area contributed by atoms with E-state index in [1.807, 2.05) is 84.9 Å². The normalized spacial score (nSPS) is 13.3. The van der Waals surface area contributed by atoms with E-state index in [0.717, 1.165) is 27.8 Å². The van der Waals surface area contributed by atoms with E-state index in [9.17, 15) is 4.79 Å². The Morgan fingerprint density at radius 1 is 0.608 bits per heavy atom. The maximum absolute atomic E-state index is 11.8. The molecular formula is C45H33Br3MgO2. The van der Waals surface area contributed by atoms with Crippen molar-refractivity contribution in [1.82, 2.24) is 0 Å². The van der Waals surface area contributed by atoms with Crippen LogP contribution in [-0.4, -0.2) is 36.1 Å². The molecule has 8 rings (SSSR count). The Hall–Kier alpha value is -3.78. The summed E-state index contributed by atoms with van der Waals surface area (Å²) in [6.45, 7) is 0. The zero-order valence-electron chi connectivity index (χ0n) is 34.4. The summed E-state index contributed by atoms with van der Waals surface area (Å²) in [5.41, 5.74) is 5.41. The topological polar surface area (TPSA) is 26.3 Å². The van der Waals surface area contributed by atoms with Gasteiger partial charge in [0.1, 0.15) is 0 Å². The second kappa shape index (κ2) is 19.2. The van der Waals surface area contributed by atoms with Crippen LogP contribution < -0.4 is 17.0 Å². The second-order valence-electron chi connectivity index (χ2n) is 10.8. The Morgan fingerprint density at radius 2 is 1.12 bits per heavy atom. The van der Waals surface area contributed by atoms with Gasteiger partial charge in [-0.05, 0) is 74.7 Å².